The van der Waals surface area contributed by atoms with E-state index in [1.54, 1.807) is 0 Å². The van der Waals surface area contributed by atoms with Crippen molar-refractivity contribution in [1.29, 1.82) is 0 Å². The van der Waals surface area contributed by atoms with E-state index in [0.717, 1.165) is 54.9 Å². The highest BCUT2D eigenvalue weighted by molar-refractivity contribution is 5.92. The van der Waals surface area contributed by atoms with Crippen molar-refractivity contribution in [2.75, 3.05) is 29.9 Å². The van der Waals surface area contributed by atoms with Crippen molar-refractivity contribution >= 4 is 28.4 Å². The number of nitrogens with zero attached hydrogens (tertiary/aromatic N) is 3. The lowest BCUT2D eigenvalue weighted by molar-refractivity contribution is -0.120. The predicted octanol–water partition coefficient (Wildman–Crippen LogP) is 4.45. The summed E-state index contributed by atoms with van der Waals surface area (Å²) in [7, 11) is 0. The first-order chi connectivity index (χ1) is 14.7. The van der Waals surface area contributed by atoms with Crippen LogP contribution in [0.5, 0.6) is 5.88 Å². The number of hydrogen-bond donors (Lipinski definition) is 1. The summed E-state index contributed by atoms with van der Waals surface area (Å²) in [6.07, 6.45) is 2.51. The Labute approximate surface area is 177 Å². The van der Waals surface area contributed by atoms with Crippen molar-refractivity contribution < 1.29 is 9.53 Å². The fourth-order valence-corrected chi connectivity index (χ4v) is 3.88. The monoisotopic (exact) mass is 404 g/mol. The molecular formula is C24H28N4O2. The number of nitrogens with one attached hydrogen (secondary N) is 1. The Hall–Kier alpha value is -3.15. The zero-order valence-corrected chi connectivity index (χ0v) is 17.6. The van der Waals surface area contributed by atoms with Crippen LogP contribution in [0, 0.1) is 5.92 Å². The molecule has 156 valence electrons. The largest absolute Gasteiger partial charge is 0.475 e. The van der Waals surface area contributed by atoms with E-state index < -0.39 is 0 Å². The molecule has 6 heteroatoms. The Balaban J connectivity index is 1.45. The third-order valence-electron chi connectivity index (χ3n) is 5.57. The molecule has 1 fully saturated rings. The average molecular weight is 405 g/mol. The zero-order chi connectivity index (χ0) is 20.9. The molecule has 2 aromatic carbocycles. The minimum atomic E-state index is -0.00417. The van der Waals surface area contributed by atoms with Crippen LogP contribution in [0.15, 0.2) is 48.5 Å². The van der Waals surface area contributed by atoms with E-state index in [1.165, 1.54) is 5.56 Å². The van der Waals surface area contributed by atoms with Gasteiger partial charge in [-0.1, -0.05) is 31.2 Å². The first-order valence-corrected chi connectivity index (χ1v) is 10.7. The van der Waals surface area contributed by atoms with Crippen LogP contribution in [0.1, 0.15) is 32.3 Å². The number of carbonyl (C=O) groups excluding carboxylic acids is 1. The van der Waals surface area contributed by atoms with Crippen LogP contribution in [0.4, 0.5) is 11.5 Å². The third kappa shape index (κ3) is 4.37. The molecule has 0 aliphatic carbocycles. The summed E-state index contributed by atoms with van der Waals surface area (Å²) < 4.78 is 5.78. The number of aryl methyl sites for hydroxylation is 1. The fourth-order valence-electron chi connectivity index (χ4n) is 3.88. The van der Waals surface area contributed by atoms with Gasteiger partial charge in [-0.3, -0.25) is 4.79 Å². The van der Waals surface area contributed by atoms with Crippen molar-refractivity contribution in [2.24, 2.45) is 5.92 Å². The lowest BCUT2D eigenvalue weighted by Crippen LogP contribution is -2.39. The van der Waals surface area contributed by atoms with Crippen molar-refractivity contribution in [3.05, 3.63) is 54.1 Å². The van der Waals surface area contributed by atoms with Crippen molar-refractivity contribution in [2.45, 2.75) is 33.1 Å². The number of hydrogen-bond acceptors (Lipinski definition) is 5. The van der Waals surface area contributed by atoms with Gasteiger partial charge in [0.1, 0.15) is 0 Å². The number of aromatic nitrogens is 2. The van der Waals surface area contributed by atoms with Gasteiger partial charge in [0.25, 0.3) is 5.88 Å². The summed E-state index contributed by atoms with van der Waals surface area (Å²) in [6, 6.07) is 15.9. The number of benzene rings is 2. The minimum Gasteiger partial charge on any atom is -0.475 e. The Morgan fingerprint density at radius 1 is 1.07 bits per heavy atom. The highest BCUT2D eigenvalue weighted by Gasteiger charge is 2.28. The van der Waals surface area contributed by atoms with E-state index >= 15 is 0 Å². The number of amides is 1. The Kier molecular flexibility index (Phi) is 6.12. The van der Waals surface area contributed by atoms with Crippen LogP contribution in [-0.2, 0) is 11.2 Å². The quantitative estimate of drug-likeness (QED) is 0.658. The molecule has 1 aromatic heterocycles. The summed E-state index contributed by atoms with van der Waals surface area (Å²) in [4.78, 5) is 24.4. The summed E-state index contributed by atoms with van der Waals surface area (Å²) in [6.45, 7) is 6.10. The Morgan fingerprint density at radius 3 is 2.50 bits per heavy atom. The molecule has 1 amide bonds. The molecule has 3 aromatic rings. The van der Waals surface area contributed by atoms with Crippen LogP contribution in [0.2, 0.25) is 0 Å². The second-order valence-corrected chi connectivity index (χ2v) is 7.58. The first kappa shape index (κ1) is 20.1. The molecular weight excluding hydrogens is 376 g/mol. The molecule has 0 unspecified atom stereocenters. The zero-order valence-electron chi connectivity index (χ0n) is 17.6. The Morgan fingerprint density at radius 2 is 1.80 bits per heavy atom. The van der Waals surface area contributed by atoms with Crippen LogP contribution in [-0.4, -0.2) is 35.6 Å². The lowest BCUT2D eigenvalue weighted by atomic mass is 9.95. The second kappa shape index (κ2) is 9.11. The number of para-hydroxylation sites is 2. The van der Waals surface area contributed by atoms with Gasteiger partial charge in [0.05, 0.1) is 17.6 Å². The van der Waals surface area contributed by atoms with Crippen molar-refractivity contribution in [3.63, 3.8) is 0 Å². The van der Waals surface area contributed by atoms with Crippen LogP contribution >= 0.6 is 0 Å². The molecule has 1 aliphatic heterocycles. The van der Waals surface area contributed by atoms with Crippen molar-refractivity contribution in [1.82, 2.24) is 9.97 Å². The van der Waals surface area contributed by atoms with Gasteiger partial charge in [-0.15, -0.1) is 0 Å². The number of ether oxygens (including phenoxy) is 1. The summed E-state index contributed by atoms with van der Waals surface area (Å²) in [5.41, 5.74) is 3.78. The molecule has 4 rings (SSSR count). The third-order valence-corrected chi connectivity index (χ3v) is 5.57. The van der Waals surface area contributed by atoms with E-state index in [9.17, 15) is 4.79 Å². The molecule has 0 spiro atoms. The SMILES string of the molecule is CCOc1nc2ccccc2nc1N1CCC(C(=O)Nc2cccc(CC)c2)CC1. The smallest absolute Gasteiger partial charge is 0.258 e. The van der Waals surface area contributed by atoms with Gasteiger partial charge < -0.3 is 15.0 Å². The number of rotatable bonds is 6. The highest BCUT2D eigenvalue weighted by atomic mass is 16.5. The van der Waals surface area contributed by atoms with Crippen molar-refractivity contribution in [3.8, 4) is 5.88 Å². The van der Waals surface area contributed by atoms with Crippen LogP contribution in [0.3, 0.4) is 0 Å². The van der Waals surface area contributed by atoms with E-state index in [0.29, 0.717) is 12.5 Å². The lowest BCUT2D eigenvalue weighted by Gasteiger charge is -2.32. The second-order valence-electron chi connectivity index (χ2n) is 7.58. The van der Waals surface area contributed by atoms with E-state index in [4.69, 9.17) is 9.72 Å². The molecule has 0 atom stereocenters. The summed E-state index contributed by atoms with van der Waals surface area (Å²) >= 11 is 0. The van der Waals surface area contributed by atoms with E-state index in [-0.39, 0.29) is 11.8 Å². The fraction of sp³-hybridized carbons (Fsp3) is 0.375. The molecule has 30 heavy (non-hydrogen) atoms. The molecule has 0 bridgehead atoms. The van der Waals surface area contributed by atoms with Gasteiger partial charge in [-0.05, 0) is 56.0 Å². The van der Waals surface area contributed by atoms with Gasteiger partial charge in [0.2, 0.25) is 5.91 Å². The molecule has 1 N–H and O–H groups in total. The van der Waals surface area contributed by atoms with Gasteiger partial charge in [0, 0.05) is 24.7 Å². The van der Waals surface area contributed by atoms with E-state index in [2.05, 4.69) is 28.2 Å². The van der Waals surface area contributed by atoms with Gasteiger partial charge in [-0.2, -0.15) is 0 Å². The molecule has 0 radical (unpaired) electrons. The molecule has 0 saturated carbocycles. The van der Waals surface area contributed by atoms with Gasteiger partial charge >= 0.3 is 0 Å². The summed E-state index contributed by atoms with van der Waals surface area (Å²) in [5.74, 6) is 1.42. The minimum absolute atomic E-state index is 0.00417. The number of carbonyl (C=O) groups is 1. The number of fused-ring (bicyclic) bond motifs is 1. The first-order valence-electron chi connectivity index (χ1n) is 10.7. The van der Waals surface area contributed by atoms with Gasteiger partial charge in [-0.25, -0.2) is 9.97 Å². The number of anilines is 2. The maximum atomic E-state index is 12.8. The average Bonchev–Trinajstić information content (AvgIpc) is 2.79. The molecule has 6 nitrogen and oxygen atoms in total. The van der Waals surface area contributed by atoms with Gasteiger partial charge in [0.15, 0.2) is 5.82 Å². The maximum Gasteiger partial charge on any atom is 0.258 e. The van der Waals surface area contributed by atoms with Crippen LogP contribution < -0.4 is 15.0 Å². The standard InChI is InChI=1S/C24H28N4O2/c1-3-17-8-7-9-19(16-17)25-23(29)18-12-14-28(15-13-18)22-24(30-4-2)27-21-11-6-5-10-20(21)26-22/h5-11,16,18H,3-4,12-15H2,1-2H3,(H,25,29). The highest BCUT2D eigenvalue weighted by Crippen LogP contribution is 2.31. The number of piperidine rings is 1. The van der Waals surface area contributed by atoms with E-state index in [1.807, 2.05) is 49.4 Å². The predicted molar refractivity (Wildman–Crippen MR) is 120 cm³/mol. The molecule has 2 heterocycles. The van der Waals surface area contributed by atoms with Crippen LogP contribution in [0.25, 0.3) is 11.0 Å². The maximum absolute atomic E-state index is 12.8. The molecule has 1 aliphatic rings. The molecule has 1 saturated heterocycles. The normalized spacial score (nSPS) is 14.7. The summed E-state index contributed by atoms with van der Waals surface area (Å²) in [5, 5.41) is 3.09. The topological polar surface area (TPSA) is 67.4 Å². The Bertz CT molecular complexity index is 1030.